The molecule has 1 aromatic heterocycles. The monoisotopic (exact) mass is 1070 g/mol. The summed E-state index contributed by atoms with van der Waals surface area (Å²) in [6.07, 6.45) is 0. The molecule has 0 spiro atoms. The van der Waals surface area contributed by atoms with Crippen LogP contribution in [0, 0.1) is 27.7 Å². The average molecular weight is 1070 g/mol. The highest BCUT2D eigenvalue weighted by Gasteiger charge is 2.45. The maximum absolute atomic E-state index is 7.49. The smallest absolute Gasteiger partial charge is 0.256 e. The fraction of sp³-hybridized carbons (Fsp3) is 0.200. The summed E-state index contributed by atoms with van der Waals surface area (Å²) in [5.41, 5.74) is 26.2. The van der Waals surface area contributed by atoms with Crippen molar-refractivity contribution in [3.8, 4) is 22.6 Å². The molecule has 0 radical (unpaired) electrons. The Morgan fingerprint density at radius 1 is 0.457 bits per heavy atom. The predicted molar refractivity (Wildman–Crippen MR) is 348 cm³/mol. The number of fused-ring (bicyclic) bond motifs is 10. The van der Waals surface area contributed by atoms with E-state index in [1.54, 1.807) is 0 Å². The van der Waals surface area contributed by atoms with Crippen LogP contribution < -0.4 is 35.8 Å². The molecule has 0 saturated carbocycles. The number of hydrogen-bond donors (Lipinski definition) is 0. The molecule has 0 amide bonds. The summed E-state index contributed by atoms with van der Waals surface area (Å²) >= 11 is 1.93. The summed E-state index contributed by atoms with van der Waals surface area (Å²) in [4.78, 5) is 7.46. The van der Waals surface area contributed by atoms with Gasteiger partial charge in [0.15, 0.2) is 0 Å². The molecule has 4 nitrogen and oxygen atoms in total. The minimum Gasteiger partial charge on any atom is -0.458 e. The third-order valence-electron chi connectivity index (χ3n) is 17.7. The first-order valence-corrected chi connectivity index (χ1v) is 29.6. The Kier molecular flexibility index (Phi) is 11.5. The van der Waals surface area contributed by atoms with Crippen LogP contribution >= 0.6 is 11.3 Å². The van der Waals surface area contributed by atoms with Crippen LogP contribution in [0.15, 0.2) is 194 Å². The van der Waals surface area contributed by atoms with E-state index < -0.39 is 0 Å². The number of thiophene rings is 1. The zero-order valence-electron chi connectivity index (χ0n) is 48.7. The van der Waals surface area contributed by atoms with Crippen molar-refractivity contribution in [3.05, 3.63) is 239 Å². The van der Waals surface area contributed by atoms with E-state index in [-0.39, 0.29) is 23.0 Å². The zero-order valence-corrected chi connectivity index (χ0v) is 49.5. The molecule has 0 fully saturated rings. The summed E-state index contributed by atoms with van der Waals surface area (Å²) in [5, 5.41) is 2.53. The Morgan fingerprint density at radius 2 is 1.01 bits per heavy atom. The van der Waals surface area contributed by atoms with Gasteiger partial charge in [0, 0.05) is 66.8 Å². The van der Waals surface area contributed by atoms with Gasteiger partial charge in [0.25, 0.3) is 6.71 Å². The molecule has 1 aliphatic carbocycles. The van der Waals surface area contributed by atoms with Gasteiger partial charge in [-0.25, -0.2) is 0 Å². The van der Waals surface area contributed by atoms with E-state index in [9.17, 15) is 0 Å². The van der Waals surface area contributed by atoms with Gasteiger partial charge in [0.2, 0.25) is 0 Å². The number of anilines is 9. The van der Waals surface area contributed by atoms with Crippen molar-refractivity contribution in [2.75, 3.05) is 14.7 Å². The molecule has 3 heterocycles. The number of rotatable bonds is 7. The van der Waals surface area contributed by atoms with Gasteiger partial charge in [-0.2, -0.15) is 0 Å². The lowest BCUT2D eigenvalue weighted by molar-refractivity contribution is 0.483. The van der Waals surface area contributed by atoms with E-state index in [1.807, 2.05) is 11.3 Å². The summed E-state index contributed by atoms with van der Waals surface area (Å²) in [5.74, 6) is 1.79. The first-order chi connectivity index (χ1) is 38.8. The maximum Gasteiger partial charge on any atom is 0.256 e. The van der Waals surface area contributed by atoms with Crippen molar-refractivity contribution >= 4 is 106 Å². The van der Waals surface area contributed by atoms with Gasteiger partial charge in [0.1, 0.15) is 11.5 Å². The van der Waals surface area contributed by atoms with Crippen LogP contribution in [0.3, 0.4) is 0 Å². The van der Waals surface area contributed by atoms with E-state index in [0.29, 0.717) is 0 Å². The number of benzene rings is 10. The molecule has 2 aliphatic heterocycles. The van der Waals surface area contributed by atoms with Crippen LogP contribution in [-0.4, -0.2) is 6.71 Å². The lowest BCUT2D eigenvalue weighted by atomic mass is 9.34. The normalized spacial score (nSPS) is 13.8. The van der Waals surface area contributed by atoms with Gasteiger partial charge < -0.3 is 19.4 Å². The van der Waals surface area contributed by atoms with Crippen molar-refractivity contribution in [2.24, 2.45) is 0 Å². The quantitative estimate of drug-likeness (QED) is 0.148. The molecule has 81 heavy (non-hydrogen) atoms. The number of ether oxygens (including phenoxy) is 1. The summed E-state index contributed by atoms with van der Waals surface area (Å²) in [6, 6.07) is 73.8. The third kappa shape index (κ3) is 8.23. The van der Waals surface area contributed by atoms with Crippen LogP contribution in [0.1, 0.15) is 99.9 Å². The van der Waals surface area contributed by atoms with Crippen LogP contribution in [0.5, 0.6) is 11.5 Å². The van der Waals surface area contributed by atoms with Crippen molar-refractivity contribution in [1.82, 2.24) is 0 Å². The van der Waals surface area contributed by atoms with Gasteiger partial charge in [0.05, 0.1) is 16.1 Å². The highest BCUT2D eigenvalue weighted by Crippen LogP contribution is 2.56. The average Bonchev–Trinajstić information content (AvgIpc) is 3.44. The Hall–Kier alpha value is -8.32. The molecule has 0 unspecified atom stereocenters. The summed E-state index contributed by atoms with van der Waals surface area (Å²) < 4.78 is 10.0. The van der Waals surface area contributed by atoms with E-state index in [2.05, 4.69) is 292 Å². The van der Waals surface area contributed by atoms with E-state index >= 15 is 0 Å². The van der Waals surface area contributed by atoms with Gasteiger partial charge in [-0.15, -0.1) is 11.3 Å². The second-order valence-electron chi connectivity index (χ2n) is 25.8. The van der Waals surface area contributed by atoms with E-state index in [1.165, 1.54) is 97.9 Å². The largest absolute Gasteiger partial charge is 0.458 e. The number of aryl methyl sites for hydroxylation is 4. The molecule has 3 aliphatic rings. The first kappa shape index (κ1) is 50.9. The molecule has 0 N–H and O–H groups in total. The van der Waals surface area contributed by atoms with E-state index in [0.717, 1.165) is 57.0 Å². The molecule has 0 atom stereocenters. The SMILES string of the molecule is Cc1ccc(N(c2ccc(C)cc2)c2ccc3c(c2)Oc2cc(C(C)(C)C)cc4c2B3c2cc(C(C)(C)C)ccc2N4c2ccc(N(c3ccc(C)cc3)c3ccc(C)cc3)c3c2sc2cc4c(cc23)C(C)(C)c2ccccc2-4)cc1. The molecular formula is C75H68BN3OS. The first-order valence-electron chi connectivity index (χ1n) is 28.8. The van der Waals surface area contributed by atoms with E-state index in [4.69, 9.17) is 4.74 Å². The number of hydrogen-bond acceptors (Lipinski definition) is 5. The van der Waals surface area contributed by atoms with Crippen LogP contribution in [-0.2, 0) is 16.2 Å². The Labute approximate surface area is 483 Å². The molecule has 0 saturated heterocycles. The van der Waals surface area contributed by atoms with Gasteiger partial charge >= 0.3 is 0 Å². The third-order valence-corrected chi connectivity index (χ3v) is 18.9. The van der Waals surface area contributed by atoms with Gasteiger partial charge in [-0.1, -0.05) is 169 Å². The Morgan fingerprint density at radius 3 is 1.60 bits per heavy atom. The molecule has 6 heteroatoms. The Bertz CT molecular complexity index is 4260. The van der Waals surface area contributed by atoms with Crippen molar-refractivity contribution in [3.63, 3.8) is 0 Å². The predicted octanol–water partition coefficient (Wildman–Crippen LogP) is 19.5. The zero-order chi connectivity index (χ0) is 56.0. The van der Waals surface area contributed by atoms with Crippen molar-refractivity contribution < 1.29 is 4.74 Å². The molecule has 14 rings (SSSR count). The standard InChI is InChI=1S/C75H68BN3OS/c1-45-17-26-51(27-18-45)77(52-28-19-46(2)20-29-52)55-34-35-61-67(42-55)80-68-41-50(74(8,9)10)40-66-71(68)76(61)62-39-49(73(5,6)7)25-36-63(62)79(66)65-38-37-64(78(53-30-21-47(3)22-31-53)54-32-23-48(4)24-33-54)70-58-43-60-57(44-69(58)81-72(65)70)56-15-13-14-16-59(56)75(60,11)12/h13-44H,1-12H3. The van der Waals surface area contributed by atoms with Gasteiger partial charge in [-0.3, -0.25) is 0 Å². The van der Waals surface area contributed by atoms with Gasteiger partial charge in [-0.05, 0) is 185 Å². The van der Waals surface area contributed by atoms with Crippen LogP contribution in [0.25, 0.3) is 31.3 Å². The fourth-order valence-corrected chi connectivity index (χ4v) is 14.3. The minimum atomic E-state index is -0.189. The van der Waals surface area contributed by atoms with Crippen molar-refractivity contribution in [1.29, 1.82) is 0 Å². The molecular weight excluding hydrogens is 1000 g/mol. The van der Waals surface area contributed by atoms with Crippen LogP contribution in [0.4, 0.5) is 51.2 Å². The minimum absolute atomic E-state index is 0.0939. The Balaban J connectivity index is 1.04. The second kappa shape index (κ2) is 18.4. The lowest BCUT2D eigenvalue weighted by Crippen LogP contribution is -2.59. The topological polar surface area (TPSA) is 19.0 Å². The maximum atomic E-state index is 7.49. The molecule has 10 aromatic carbocycles. The number of nitrogens with zero attached hydrogens (tertiary/aromatic N) is 3. The summed E-state index contributed by atoms with van der Waals surface area (Å²) in [6.45, 7) is 27.3. The van der Waals surface area contributed by atoms with Crippen molar-refractivity contribution in [2.45, 2.75) is 99.3 Å². The fourth-order valence-electron chi connectivity index (χ4n) is 13.1. The molecule has 11 aromatic rings. The second-order valence-corrected chi connectivity index (χ2v) is 26.8. The highest BCUT2D eigenvalue weighted by molar-refractivity contribution is 7.26. The van der Waals surface area contributed by atoms with Crippen LogP contribution in [0.2, 0.25) is 0 Å². The molecule has 0 bridgehead atoms. The lowest BCUT2D eigenvalue weighted by Gasteiger charge is -2.42. The molecule has 398 valence electrons. The highest BCUT2D eigenvalue weighted by atomic mass is 32.1. The summed E-state index contributed by atoms with van der Waals surface area (Å²) in [7, 11) is 0.